The average Bonchev–Trinajstić information content (AvgIpc) is 2.99. The molecule has 0 aliphatic carbocycles. The Bertz CT molecular complexity index is 1400. The zero-order chi connectivity index (χ0) is 26.9. The molecule has 6 nitrogen and oxygen atoms in total. The van der Waals surface area contributed by atoms with Gasteiger partial charge in [0.2, 0.25) is 0 Å². The van der Waals surface area contributed by atoms with Gasteiger partial charge in [-0.1, -0.05) is 54.6 Å². The van der Waals surface area contributed by atoms with Crippen LogP contribution < -0.4 is 23.8 Å². The molecule has 0 aliphatic rings. The molecule has 0 fully saturated rings. The summed E-state index contributed by atoms with van der Waals surface area (Å²) in [5.74, 6) is 2.39. The zero-order valence-corrected chi connectivity index (χ0v) is 22.0. The highest BCUT2D eigenvalue weighted by molar-refractivity contribution is 6.08. The van der Waals surface area contributed by atoms with Crippen LogP contribution in [0.5, 0.6) is 23.0 Å². The Morgan fingerprint density at radius 3 is 2.00 bits per heavy atom. The van der Waals surface area contributed by atoms with E-state index in [1.165, 1.54) is 0 Å². The molecule has 0 saturated heterocycles. The monoisotopic (exact) mass is 509 g/mol. The number of carbonyl (C=O) groups excluding carboxylic acids is 1. The fourth-order valence-corrected chi connectivity index (χ4v) is 4.17. The maximum absolute atomic E-state index is 14.0. The van der Waals surface area contributed by atoms with Gasteiger partial charge in [-0.15, -0.1) is 0 Å². The van der Waals surface area contributed by atoms with Gasteiger partial charge in [-0.3, -0.25) is 4.79 Å². The van der Waals surface area contributed by atoms with E-state index in [0.717, 1.165) is 28.1 Å². The fourth-order valence-electron chi connectivity index (χ4n) is 4.17. The molecule has 4 aromatic carbocycles. The van der Waals surface area contributed by atoms with Gasteiger partial charge in [-0.05, 0) is 53.6 Å². The van der Waals surface area contributed by atoms with E-state index in [-0.39, 0.29) is 12.5 Å². The molecule has 0 heterocycles. The van der Waals surface area contributed by atoms with Gasteiger partial charge in [0.05, 0.1) is 40.5 Å². The van der Waals surface area contributed by atoms with Crippen molar-refractivity contribution in [3.63, 3.8) is 0 Å². The van der Waals surface area contributed by atoms with Crippen molar-refractivity contribution in [1.29, 1.82) is 0 Å². The molecular formula is C32H31NO5. The van der Waals surface area contributed by atoms with Crippen molar-refractivity contribution in [1.82, 2.24) is 0 Å². The lowest BCUT2D eigenvalue weighted by Gasteiger charge is -2.26. The van der Waals surface area contributed by atoms with E-state index in [4.69, 9.17) is 18.9 Å². The van der Waals surface area contributed by atoms with E-state index in [1.54, 1.807) is 45.5 Å². The van der Waals surface area contributed by atoms with Gasteiger partial charge in [0.15, 0.2) is 0 Å². The Labute approximate surface area is 223 Å². The summed E-state index contributed by atoms with van der Waals surface area (Å²) in [4.78, 5) is 15.7. The lowest BCUT2D eigenvalue weighted by atomic mass is 10.0. The van der Waals surface area contributed by atoms with Crippen molar-refractivity contribution in [3.05, 3.63) is 113 Å². The Kier molecular flexibility index (Phi) is 8.67. The van der Waals surface area contributed by atoms with Crippen LogP contribution in [0.2, 0.25) is 0 Å². The van der Waals surface area contributed by atoms with E-state index in [9.17, 15) is 4.79 Å². The first kappa shape index (κ1) is 26.4. The highest BCUT2D eigenvalue weighted by Gasteiger charge is 2.24. The van der Waals surface area contributed by atoms with Crippen LogP contribution in [0.15, 0.2) is 91.0 Å². The van der Waals surface area contributed by atoms with Crippen LogP contribution in [-0.2, 0) is 6.54 Å². The van der Waals surface area contributed by atoms with Crippen molar-refractivity contribution in [2.24, 2.45) is 0 Å². The second kappa shape index (κ2) is 12.5. The largest absolute Gasteiger partial charge is 0.497 e. The first-order chi connectivity index (χ1) is 18.6. The molecule has 4 rings (SSSR count). The highest BCUT2D eigenvalue weighted by atomic mass is 16.5. The number of amides is 1. The van der Waals surface area contributed by atoms with Gasteiger partial charge in [-0.25, -0.2) is 0 Å². The molecule has 0 bridgehead atoms. The van der Waals surface area contributed by atoms with Crippen LogP contribution in [0.1, 0.15) is 27.0 Å². The number of anilines is 1. The Hall–Kier alpha value is -4.71. The van der Waals surface area contributed by atoms with Crippen LogP contribution in [0.3, 0.4) is 0 Å². The van der Waals surface area contributed by atoms with Crippen LogP contribution in [0.25, 0.3) is 12.2 Å². The second-order valence-corrected chi connectivity index (χ2v) is 8.43. The third-order valence-corrected chi connectivity index (χ3v) is 6.21. The lowest BCUT2D eigenvalue weighted by Crippen LogP contribution is -2.31. The van der Waals surface area contributed by atoms with Gasteiger partial charge in [-0.2, -0.15) is 0 Å². The number of methoxy groups -OCH3 is 4. The number of hydrogen-bond acceptors (Lipinski definition) is 5. The first-order valence-electron chi connectivity index (χ1n) is 12.1. The first-order valence-corrected chi connectivity index (χ1v) is 12.1. The maximum Gasteiger partial charge on any atom is 0.262 e. The zero-order valence-electron chi connectivity index (χ0n) is 22.0. The predicted molar refractivity (Wildman–Crippen MR) is 151 cm³/mol. The molecule has 0 spiro atoms. The van der Waals surface area contributed by atoms with E-state index in [0.29, 0.717) is 22.8 Å². The lowest BCUT2D eigenvalue weighted by molar-refractivity contribution is 0.0982. The third-order valence-electron chi connectivity index (χ3n) is 6.21. The summed E-state index contributed by atoms with van der Waals surface area (Å²) in [6.07, 6.45) is 4.00. The minimum Gasteiger partial charge on any atom is -0.497 e. The van der Waals surface area contributed by atoms with Crippen molar-refractivity contribution >= 4 is 23.7 Å². The molecule has 6 heteroatoms. The molecular weight excluding hydrogens is 478 g/mol. The van der Waals surface area contributed by atoms with Gasteiger partial charge in [0, 0.05) is 17.3 Å². The summed E-state index contributed by atoms with van der Waals surface area (Å²) in [5.41, 5.74) is 3.94. The summed E-state index contributed by atoms with van der Waals surface area (Å²) >= 11 is 0. The molecule has 4 aromatic rings. The highest BCUT2D eigenvalue weighted by Crippen LogP contribution is 2.34. The summed E-state index contributed by atoms with van der Waals surface area (Å²) < 4.78 is 22.1. The topological polar surface area (TPSA) is 57.2 Å². The SMILES string of the molecule is COc1ccc(C=Cc2cc(OC)cc(OC)c2CN(C(=O)c2ccccc2OC)c2ccccc2)cc1. The standard InChI is InChI=1S/C32H31NO5/c1-35-26-18-15-23(16-19-26)14-17-24-20-27(36-2)21-31(38-4)29(24)22-33(25-10-6-5-7-11-25)32(34)28-12-8-9-13-30(28)37-3/h5-21H,22H2,1-4H3. The van der Waals surface area contributed by atoms with Crippen molar-refractivity contribution in [2.45, 2.75) is 6.54 Å². The van der Waals surface area contributed by atoms with Gasteiger partial charge < -0.3 is 23.8 Å². The Morgan fingerprint density at radius 1 is 0.684 bits per heavy atom. The molecule has 0 aromatic heterocycles. The van der Waals surface area contributed by atoms with Crippen LogP contribution >= 0.6 is 0 Å². The molecule has 0 saturated carbocycles. The second-order valence-electron chi connectivity index (χ2n) is 8.43. The van der Waals surface area contributed by atoms with Gasteiger partial charge in [0.1, 0.15) is 23.0 Å². The maximum atomic E-state index is 14.0. The van der Waals surface area contributed by atoms with Crippen LogP contribution in [0.4, 0.5) is 5.69 Å². The summed E-state index contributed by atoms with van der Waals surface area (Å²) in [6, 6.07) is 28.4. The molecule has 0 radical (unpaired) electrons. The number of ether oxygens (including phenoxy) is 4. The minimum atomic E-state index is -0.184. The van der Waals surface area contributed by atoms with Crippen molar-refractivity contribution in [2.75, 3.05) is 33.3 Å². The minimum absolute atomic E-state index is 0.184. The molecule has 0 N–H and O–H groups in total. The Balaban J connectivity index is 1.80. The van der Waals surface area contributed by atoms with E-state index >= 15 is 0 Å². The summed E-state index contributed by atoms with van der Waals surface area (Å²) in [5, 5.41) is 0. The normalized spacial score (nSPS) is 10.7. The number of carbonyl (C=O) groups is 1. The fraction of sp³-hybridized carbons (Fsp3) is 0.156. The third kappa shape index (κ3) is 5.98. The van der Waals surface area contributed by atoms with Crippen molar-refractivity contribution in [3.8, 4) is 23.0 Å². The van der Waals surface area contributed by atoms with E-state index in [2.05, 4.69) is 0 Å². The average molecular weight is 510 g/mol. The van der Waals surface area contributed by atoms with E-state index < -0.39 is 0 Å². The predicted octanol–water partition coefficient (Wildman–Crippen LogP) is 6.74. The van der Waals surface area contributed by atoms with Crippen LogP contribution in [0, 0.1) is 0 Å². The number of nitrogens with zero attached hydrogens (tertiary/aromatic N) is 1. The van der Waals surface area contributed by atoms with Gasteiger partial charge >= 0.3 is 0 Å². The molecule has 0 aliphatic heterocycles. The van der Waals surface area contributed by atoms with Gasteiger partial charge in [0.25, 0.3) is 5.91 Å². The number of benzene rings is 4. The van der Waals surface area contributed by atoms with Crippen molar-refractivity contribution < 1.29 is 23.7 Å². The molecule has 38 heavy (non-hydrogen) atoms. The molecule has 0 unspecified atom stereocenters. The Morgan fingerprint density at radius 2 is 1.34 bits per heavy atom. The molecule has 194 valence electrons. The summed E-state index contributed by atoms with van der Waals surface area (Å²) in [6.45, 7) is 0.260. The van der Waals surface area contributed by atoms with E-state index in [1.807, 2.05) is 91.0 Å². The quantitative estimate of drug-likeness (QED) is 0.222. The number of hydrogen-bond donors (Lipinski definition) is 0. The number of para-hydroxylation sites is 2. The summed E-state index contributed by atoms with van der Waals surface area (Å²) in [7, 11) is 6.44. The smallest absolute Gasteiger partial charge is 0.262 e. The van der Waals surface area contributed by atoms with Crippen LogP contribution in [-0.4, -0.2) is 34.3 Å². The molecule has 1 amide bonds. The molecule has 0 atom stereocenters. The number of rotatable bonds is 10.